The van der Waals surface area contributed by atoms with Crippen molar-refractivity contribution in [1.29, 1.82) is 0 Å². The SMILES string of the molecule is O=C(N[C@@H](C(=O)NCCC1(CCNCC(=O)N2CCN(C(=O)c3cc(Cc4n[nH]c(=O)c5ccccc45)ccc3F)CC2)COC1)C1CCCCC1)c1cccc([C@H]2CCCN(C(=O)CNC3CC3)C2)c1. The number of halogens is 1. The van der Waals surface area contributed by atoms with Gasteiger partial charge in [0.1, 0.15) is 11.9 Å². The second-order valence-electron chi connectivity index (χ2n) is 20.5. The van der Waals surface area contributed by atoms with Gasteiger partial charge in [0.05, 0.1) is 42.9 Å². The van der Waals surface area contributed by atoms with Crippen molar-refractivity contribution in [2.45, 2.75) is 95.1 Å². The Morgan fingerprint density at radius 1 is 0.775 bits per heavy atom. The van der Waals surface area contributed by atoms with Crippen molar-refractivity contribution in [1.82, 2.24) is 46.2 Å². The lowest BCUT2D eigenvalue weighted by molar-refractivity contribution is -0.133. The maximum absolute atomic E-state index is 15.1. The number of aromatic amines is 1. The normalized spacial score (nSPS) is 19.7. The summed E-state index contributed by atoms with van der Waals surface area (Å²) in [5, 5.41) is 20.9. The van der Waals surface area contributed by atoms with E-state index in [9.17, 15) is 28.8 Å². The highest BCUT2D eigenvalue weighted by molar-refractivity contribution is 5.98. The van der Waals surface area contributed by atoms with E-state index in [2.05, 4.69) is 31.5 Å². The first-order valence-electron chi connectivity index (χ1n) is 25.8. The molecule has 9 rings (SSSR count). The number of piperazine rings is 1. The highest BCUT2D eigenvalue weighted by atomic mass is 19.1. The lowest BCUT2D eigenvalue weighted by atomic mass is 9.79. The molecule has 378 valence electrons. The number of likely N-dealkylation sites (tertiary alicyclic amines) is 1. The van der Waals surface area contributed by atoms with Gasteiger partial charge in [-0.2, -0.15) is 5.10 Å². The molecule has 5 N–H and O–H groups in total. The fraction of sp³-hybridized carbons (Fsp3) is 0.537. The van der Waals surface area contributed by atoms with Gasteiger partial charge in [0, 0.05) is 80.6 Å². The quantitative estimate of drug-likeness (QED) is 0.0847. The largest absolute Gasteiger partial charge is 0.380 e. The molecule has 4 heterocycles. The van der Waals surface area contributed by atoms with Crippen LogP contribution in [0.5, 0.6) is 0 Å². The summed E-state index contributed by atoms with van der Waals surface area (Å²) < 4.78 is 20.7. The predicted octanol–water partition coefficient (Wildman–Crippen LogP) is 4.28. The third-order valence-electron chi connectivity index (χ3n) is 15.4. The summed E-state index contributed by atoms with van der Waals surface area (Å²) in [6, 6.07) is 19.1. The Balaban J connectivity index is 0.712. The molecule has 0 unspecified atom stereocenters. The predicted molar refractivity (Wildman–Crippen MR) is 266 cm³/mol. The van der Waals surface area contributed by atoms with Gasteiger partial charge in [-0.05, 0) is 105 Å². The number of piperidine rings is 1. The molecule has 5 aliphatic rings. The molecular formula is C54H68FN9O7. The molecule has 0 bridgehead atoms. The fourth-order valence-corrected chi connectivity index (χ4v) is 10.8. The van der Waals surface area contributed by atoms with Gasteiger partial charge in [-0.1, -0.05) is 55.7 Å². The standard InChI is InChI=1S/C54H68FN9O7/c55-45-18-15-36(29-46-42-13-4-5-14-43(42)51(68)61-60-46)28-44(45)53(70)63-26-24-62(25-27-63)47(65)31-56-21-19-54(34-71-35-54)20-22-57-52(69)49(37-8-2-1-3-9-37)59-50(67)39-11-6-10-38(30-39)40-12-7-23-64(33-40)48(66)32-58-41-16-17-41/h4-6,10-11,13-15,18,28,30,37,40-41,49,56,58H,1-3,7-9,12,16-17,19-27,29,31-35H2,(H,57,69)(H,59,67)(H,61,68)/t40-,49+/m0/s1. The molecule has 0 spiro atoms. The first-order chi connectivity index (χ1) is 34.5. The molecule has 0 radical (unpaired) electrons. The summed E-state index contributed by atoms with van der Waals surface area (Å²) >= 11 is 0. The molecule has 1 aromatic heterocycles. The third kappa shape index (κ3) is 12.5. The minimum Gasteiger partial charge on any atom is -0.380 e. The first-order valence-corrected chi connectivity index (χ1v) is 25.8. The molecule has 5 fully saturated rings. The minimum absolute atomic E-state index is 0.0460. The van der Waals surface area contributed by atoms with Crippen LogP contribution in [0, 0.1) is 17.2 Å². The number of hydrogen-bond donors (Lipinski definition) is 5. The molecule has 16 nitrogen and oxygen atoms in total. The molecule has 5 amide bonds. The average molecular weight is 974 g/mol. The van der Waals surface area contributed by atoms with Crippen molar-refractivity contribution in [3.05, 3.63) is 111 Å². The number of carbonyl (C=O) groups excluding carboxylic acids is 5. The maximum atomic E-state index is 15.1. The van der Waals surface area contributed by atoms with Crippen LogP contribution in [0.1, 0.15) is 114 Å². The highest BCUT2D eigenvalue weighted by Gasteiger charge is 2.39. The highest BCUT2D eigenvalue weighted by Crippen LogP contribution is 2.35. The number of carbonyl (C=O) groups is 5. The number of H-pyrrole nitrogens is 1. The molecule has 3 aromatic carbocycles. The van der Waals surface area contributed by atoms with Gasteiger partial charge in [0.2, 0.25) is 17.7 Å². The van der Waals surface area contributed by atoms with Crippen LogP contribution in [0.25, 0.3) is 10.8 Å². The number of ether oxygens (including phenoxy) is 1. The average Bonchev–Trinajstić information content (AvgIpc) is 4.24. The van der Waals surface area contributed by atoms with Gasteiger partial charge in [-0.15, -0.1) is 0 Å². The molecule has 71 heavy (non-hydrogen) atoms. The Morgan fingerprint density at radius 2 is 1.52 bits per heavy atom. The summed E-state index contributed by atoms with van der Waals surface area (Å²) in [6.45, 7) is 5.22. The maximum Gasteiger partial charge on any atom is 0.272 e. The first kappa shape index (κ1) is 49.9. The number of nitrogens with zero attached hydrogens (tertiary/aromatic N) is 4. The van der Waals surface area contributed by atoms with Gasteiger partial charge >= 0.3 is 0 Å². The zero-order valence-corrected chi connectivity index (χ0v) is 40.7. The van der Waals surface area contributed by atoms with E-state index in [1.54, 1.807) is 34.1 Å². The van der Waals surface area contributed by atoms with Crippen molar-refractivity contribution in [3.63, 3.8) is 0 Å². The van der Waals surface area contributed by atoms with E-state index in [1.165, 1.54) is 12.1 Å². The van der Waals surface area contributed by atoms with Gasteiger partial charge in [-0.25, -0.2) is 9.49 Å². The van der Waals surface area contributed by atoms with E-state index in [0.29, 0.717) is 99.0 Å². The van der Waals surface area contributed by atoms with Crippen molar-refractivity contribution >= 4 is 40.3 Å². The monoisotopic (exact) mass is 974 g/mol. The number of rotatable bonds is 19. The number of amides is 5. The number of fused-ring (bicyclic) bond motifs is 1. The Labute approximate surface area is 414 Å². The van der Waals surface area contributed by atoms with Crippen LogP contribution in [0.4, 0.5) is 4.39 Å². The molecule has 17 heteroatoms. The van der Waals surface area contributed by atoms with E-state index < -0.39 is 17.8 Å². The molecule has 4 aromatic rings. The van der Waals surface area contributed by atoms with Gasteiger partial charge in [0.15, 0.2) is 0 Å². The van der Waals surface area contributed by atoms with Crippen molar-refractivity contribution < 1.29 is 33.1 Å². The van der Waals surface area contributed by atoms with E-state index in [0.717, 1.165) is 76.3 Å². The molecule has 3 aliphatic heterocycles. The van der Waals surface area contributed by atoms with Gasteiger partial charge < -0.3 is 40.7 Å². The summed E-state index contributed by atoms with van der Waals surface area (Å²) in [5.74, 6) is -1.26. The molecule has 2 atom stereocenters. The van der Waals surface area contributed by atoms with E-state index in [4.69, 9.17) is 4.74 Å². The third-order valence-corrected chi connectivity index (χ3v) is 15.4. The zero-order valence-electron chi connectivity index (χ0n) is 40.7. The van der Waals surface area contributed by atoms with Gasteiger partial charge in [0.25, 0.3) is 17.4 Å². The number of nitrogens with one attached hydrogen (secondary N) is 5. The summed E-state index contributed by atoms with van der Waals surface area (Å²) in [7, 11) is 0. The summed E-state index contributed by atoms with van der Waals surface area (Å²) in [4.78, 5) is 85.1. The van der Waals surface area contributed by atoms with Crippen LogP contribution >= 0.6 is 0 Å². The van der Waals surface area contributed by atoms with E-state index in [-0.39, 0.29) is 71.6 Å². The Kier molecular flexibility index (Phi) is 16.2. The van der Waals surface area contributed by atoms with E-state index in [1.807, 2.05) is 35.2 Å². The van der Waals surface area contributed by atoms with Crippen LogP contribution in [-0.2, 0) is 25.5 Å². The molecular weight excluding hydrogens is 906 g/mol. The second kappa shape index (κ2) is 23.0. The number of benzene rings is 3. The minimum atomic E-state index is -0.652. The van der Waals surface area contributed by atoms with Gasteiger partial charge in [-0.3, -0.25) is 28.8 Å². The topological polar surface area (TPSA) is 198 Å². The lowest BCUT2D eigenvalue weighted by Gasteiger charge is -2.42. The van der Waals surface area contributed by atoms with Crippen LogP contribution in [0.15, 0.2) is 71.5 Å². The zero-order chi connectivity index (χ0) is 49.3. The van der Waals surface area contributed by atoms with Crippen LogP contribution in [0.2, 0.25) is 0 Å². The molecule has 2 aliphatic carbocycles. The van der Waals surface area contributed by atoms with Crippen LogP contribution in [0.3, 0.4) is 0 Å². The lowest BCUT2D eigenvalue weighted by Crippen LogP contribution is -2.53. The smallest absolute Gasteiger partial charge is 0.272 e. The van der Waals surface area contributed by atoms with E-state index >= 15 is 4.39 Å². The van der Waals surface area contributed by atoms with Crippen LogP contribution in [-0.4, -0.2) is 145 Å². The van der Waals surface area contributed by atoms with Crippen molar-refractivity contribution in [2.24, 2.45) is 11.3 Å². The summed E-state index contributed by atoms with van der Waals surface area (Å²) in [6.07, 6.45) is 10.8. The van der Waals surface area contributed by atoms with Crippen molar-refractivity contribution in [2.75, 3.05) is 78.7 Å². The molecule has 2 saturated carbocycles. The Bertz CT molecular complexity index is 2620. The van der Waals surface area contributed by atoms with Crippen LogP contribution < -0.4 is 26.8 Å². The fourth-order valence-electron chi connectivity index (χ4n) is 10.8. The number of hydrogen-bond acceptors (Lipinski definition) is 10. The molecule has 3 saturated heterocycles. The Morgan fingerprint density at radius 3 is 2.28 bits per heavy atom. The number of aromatic nitrogens is 2. The summed E-state index contributed by atoms with van der Waals surface area (Å²) in [5.41, 5.74) is 2.36. The second-order valence-corrected chi connectivity index (χ2v) is 20.5. The Hall–Kier alpha value is -6.04. The van der Waals surface area contributed by atoms with Crippen molar-refractivity contribution in [3.8, 4) is 0 Å².